The normalized spacial score (nSPS) is 19.1. The first kappa shape index (κ1) is 20.0. The summed E-state index contributed by atoms with van der Waals surface area (Å²) in [5.41, 5.74) is 3.40. The summed E-state index contributed by atoms with van der Waals surface area (Å²) in [6, 6.07) is 5.99. The summed E-state index contributed by atoms with van der Waals surface area (Å²) in [7, 11) is 3.70. The number of carbonyl (C=O) groups is 1. The molecule has 0 aliphatic carbocycles. The molecule has 0 atom stereocenters. The molecule has 2 fully saturated rings. The van der Waals surface area contributed by atoms with Gasteiger partial charge in [0.05, 0.1) is 12.7 Å². The summed E-state index contributed by atoms with van der Waals surface area (Å²) >= 11 is 0. The molecule has 1 aromatic heterocycles. The molecule has 6 heteroatoms. The van der Waals surface area contributed by atoms with Crippen molar-refractivity contribution in [2.75, 3.05) is 33.3 Å². The van der Waals surface area contributed by atoms with Crippen LogP contribution in [0.1, 0.15) is 41.7 Å². The summed E-state index contributed by atoms with van der Waals surface area (Å²) in [5.74, 6) is 0.967. The first-order valence-corrected chi connectivity index (χ1v) is 9.68. The van der Waals surface area contributed by atoms with E-state index in [-0.39, 0.29) is 18.3 Å². The molecule has 1 spiro atoms. The van der Waals surface area contributed by atoms with Crippen LogP contribution in [0.15, 0.2) is 18.2 Å². The van der Waals surface area contributed by atoms with E-state index in [0.717, 1.165) is 66.9 Å². The Morgan fingerprint density at radius 1 is 1.15 bits per heavy atom. The van der Waals surface area contributed by atoms with E-state index in [9.17, 15) is 4.79 Å². The fourth-order valence-electron chi connectivity index (χ4n) is 4.75. The largest absolute Gasteiger partial charge is 0.497 e. The topological polar surface area (TPSA) is 46.5 Å². The van der Waals surface area contributed by atoms with Crippen molar-refractivity contribution in [2.24, 2.45) is 12.5 Å². The van der Waals surface area contributed by atoms with Crippen LogP contribution in [0.25, 0.3) is 10.9 Å². The summed E-state index contributed by atoms with van der Waals surface area (Å²) in [4.78, 5) is 15.4. The highest BCUT2D eigenvalue weighted by molar-refractivity contribution is 6.08. The van der Waals surface area contributed by atoms with E-state index < -0.39 is 0 Å². The van der Waals surface area contributed by atoms with Crippen LogP contribution in [0, 0.1) is 12.3 Å². The van der Waals surface area contributed by atoms with Crippen LogP contribution < -0.4 is 10.1 Å². The Bertz CT molecular complexity index is 830. The number of aryl methyl sites for hydroxylation is 1. The lowest BCUT2D eigenvalue weighted by atomic mass is 9.71. The number of nitrogens with zero attached hydrogens (tertiary/aromatic N) is 2. The van der Waals surface area contributed by atoms with Gasteiger partial charge in [0.15, 0.2) is 0 Å². The van der Waals surface area contributed by atoms with Crippen molar-refractivity contribution in [3.8, 4) is 5.75 Å². The molecule has 1 amide bonds. The van der Waals surface area contributed by atoms with E-state index in [1.54, 1.807) is 7.11 Å². The zero-order chi connectivity index (χ0) is 18.3. The maximum absolute atomic E-state index is 13.4. The lowest BCUT2D eigenvalue weighted by molar-refractivity contribution is 0.0496. The number of fused-ring (bicyclic) bond motifs is 1. The summed E-state index contributed by atoms with van der Waals surface area (Å²) in [6.45, 7) is 6.03. The first-order chi connectivity index (χ1) is 12.5. The summed E-state index contributed by atoms with van der Waals surface area (Å²) in [6.07, 6.45) is 4.76. The van der Waals surface area contributed by atoms with Gasteiger partial charge >= 0.3 is 0 Å². The van der Waals surface area contributed by atoms with Gasteiger partial charge in [-0.15, -0.1) is 12.4 Å². The number of rotatable bonds is 2. The van der Waals surface area contributed by atoms with Crippen molar-refractivity contribution < 1.29 is 9.53 Å². The van der Waals surface area contributed by atoms with Crippen LogP contribution in [-0.2, 0) is 7.05 Å². The Morgan fingerprint density at radius 3 is 2.44 bits per heavy atom. The molecule has 2 aliphatic rings. The number of benzene rings is 1. The molecule has 2 aliphatic heterocycles. The van der Waals surface area contributed by atoms with Gasteiger partial charge in [0.1, 0.15) is 5.75 Å². The number of aromatic nitrogens is 1. The molecular formula is C21H30ClN3O2. The van der Waals surface area contributed by atoms with Crippen LogP contribution in [-0.4, -0.2) is 48.7 Å². The van der Waals surface area contributed by atoms with Gasteiger partial charge in [-0.25, -0.2) is 0 Å². The van der Waals surface area contributed by atoms with Crippen molar-refractivity contribution in [3.63, 3.8) is 0 Å². The maximum atomic E-state index is 13.4. The molecule has 148 valence electrons. The number of likely N-dealkylation sites (tertiary alicyclic amines) is 1. The Balaban J connectivity index is 0.00000210. The smallest absolute Gasteiger partial charge is 0.256 e. The number of carbonyl (C=O) groups excluding carboxylic acids is 1. The number of nitrogens with one attached hydrogen (secondary N) is 1. The molecule has 1 aromatic carbocycles. The van der Waals surface area contributed by atoms with Crippen molar-refractivity contribution in [3.05, 3.63) is 29.5 Å². The second-order valence-electron chi connectivity index (χ2n) is 7.94. The number of piperidine rings is 2. The predicted molar refractivity (Wildman–Crippen MR) is 111 cm³/mol. The van der Waals surface area contributed by atoms with Crippen LogP contribution >= 0.6 is 12.4 Å². The van der Waals surface area contributed by atoms with Crippen molar-refractivity contribution >= 4 is 29.2 Å². The standard InChI is InChI=1S/C21H29N3O2.ClH/c1-15-19(17-14-16(26-3)4-5-18(17)23(15)2)20(25)24-12-8-21(9-13-24)6-10-22-11-7-21;/h4-5,14,22H,6-13H2,1-3H3;1H. The molecule has 0 bridgehead atoms. The van der Waals surface area contributed by atoms with Gasteiger partial charge in [0, 0.05) is 36.7 Å². The molecule has 2 aromatic rings. The van der Waals surface area contributed by atoms with E-state index in [1.165, 1.54) is 12.8 Å². The van der Waals surface area contributed by atoms with Crippen LogP contribution in [0.3, 0.4) is 0 Å². The minimum Gasteiger partial charge on any atom is -0.497 e. The summed E-state index contributed by atoms with van der Waals surface area (Å²) in [5, 5.41) is 4.46. The molecule has 5 nitrogen and oxygen atoms in total. The summed E-state index contributed by atoms with van der Waals surface area (Å²) < 4.78 is 7.50. The third-order valence-electron chi connectivity index (χ3n) is 6.69. The molecular weight excluding hydrogens is 362 g/mol. The Hall–Kier alpha value is -1.72. The lowest BCUT2D eigenvalue weighted by Crippen LogP contribution is -2.47. The van der Waals surface area contributed by atoms with Crippen molar-refractivity contribution in [1.29, 1.82) is 0 Å². The number of halogens is 1. The highest BCUT2D eigenvalue weighted by atomic mass is 35.5. The molecule has 0 saturated carbocycles. The second kappa shape index (κ2) is 7.72. The van der Waals surface area contributed by atoms with Gasteiger partial charge in [0.2, 0.25) is 0 Å². The number of hydrogen-bond donors (Lipinski definition) is 1. The van der Waals surface area contributed by atoms with Gasteiger partial charge in [0.25, 0.3) is 5.91 Å². The van der Waals surface area contributed by atoms with E-state index in [2.05, 4.69) is 14.8 Å². The molecule has 1 N–H and O–H groups in total. The lowest BCUT2D eigenvalue weighted by Gasteiger charge is -2.44. The Labute approximate surface area is 167 Å². The highest BCUT2D eigenvalue weighted by Gasteiger charge is 2.37. The third-order valence-corrected chi connectivity index (χ3v) is 6.69. The second-order valence-corrected chi connectivity index (χ2v) is 7.94. The minimum atomic E-state index is 0. The highest BCUT2D eigenvalue weighted by Crippen LogP contribution is 2.40. The average Bonchev–Trinajstić information content (AvgIpc) is 2.92. The van der Waals surface area contributed by atoms with E-state index in [4.69, 9.17) is 4.74 Å². The molecule has 27 heavy (non-hydrogen) atoms. The van der Waals surface area contributed by atoms with Gasteiger partial charge in [-0.1, -0.05) is 0 Å². The Kier molecular flexibility index (Phi) is 5.73. The van der Waals surface area contributed by atoms with E-state index in [0.29, 0.717) is 5.41 Å². The quantitative estimate of drug-likeness (QED) is 0.851. The zero-order valence-corrected chi connectivity index (χ0v) is 17.3. The fraction of sp³-hybridized carbons (Fsp3) is 0.571. The van der Waals surface area contributed by atoms with Gasteiger partial charge in [-0.2, -0.15) is 0 Å². The molecule has 2 saturated heterocycles. The molecule has 3 heterocycles. The van der Waals surface area contributed by atoms with E-state index in [1.807, 2.05) is 32.2 Å². The minimum absolute atomic E-state index is 0. The monoisotopic (exact) mass is 391 g/mol. The first-order valence-electron chi connectivity index (χ1n) is 9.68. The number of hydrogen-bond acceptors (Lipinski definition) is 3. The van der Waals surface area contributed by atoms with E-state index >= 15 is 0 Å². The SMILES string of the molecule is COc1ccc2c(c1)c(C(=O)N1CCC3(CCNCC3)CC1)c(C)n2C.Cl. The predicted octanol–water partition coefficient (Wildman–Crippen LogP) is 3.52. The molecule has 0 unspecified atom stereocenters. The number of methoxy groups -OCH3 is 1. The maximum Gasteiger partial charge on any atom is 0.256 e. The average molecular weight is 392 g/mol. The molecule has 0 radical (unpaired) electrons. The molecule has 4 rings (SSSR count). The van der Waals surface area contributed by atoms with Gasteiger partial charge in [-0.3, -0.25) is 4.79 Å². The van der Waals surface area contributed by atoms with Crippen LogP contribution in [0.2, 0.25) is 0 Å². The van der Waals surface area contributed by atoms with Gasteiger partial charge < -0.3 is 19.5 Å². The number of ether oxygens (including phenoxy) is 1. The zero-order valence-electron chi connectivity index (χ0n) is 16.5. The van der Waals surface area contributed by atoms with Crippen molar-refractivity contribution in [2.45, 2.75) is 32.6 Å². The van der Waals surface area contributed by atoms with Gasteiger partial charge in [-0.05, 0) is 69.3 Å². The fourth-order valence-corrected chi connectivity index (χ4v) is 4.75. The number of amides is 1. The van der Waals surface area contributed by atoms with Crippen LogP contribution in [0.4, 0.5) is 0 Å². The third kappa shape index (κ3) is 3.43. The van der Waals surface area contributed by atoms with Crippen molar-refractivity contribution in [1.82, 2.24) is 14.8 Å². The van der Waals surface area contributed by atoms with Crippen LogP contribution in [0.5, 0.6) is 5.75 Å². The Morgan fingerprint density at radius 2 is 1.81 bits per heavy atom.